The second-order valence-corrected chi connectivity index (χ2v) is 8.14. The predicted octanol–water partition coefficient (Wildman–Crippen LogP) is 6.21. The summed E-state index contributed by atoms with van der Waals surface area (Å²) in [6.45, 7) is 9.03. The number of rotatable bonds is 1. The molecule has 128 valence electrons. The second kappa shape index (κ2) is 5.14. The number of fused-ring (bicyclic) bond motifs is 4. The topological polar surface area (TPSA) is 25.8 Å². The van der Waals surface area contributed by atoms with Crippen molar-refractivity contribution < 1.29 is 0 Å². The van der Waals surface area contributed by atoms with Gasteiger partial charge >= 0.3 is 0 Å². The van der Waals surface area contributed by atoms with Crippen molar-refractivity contribution in [2.45, 2.75) is 39.0 Å². The zero-order valence-electron chi connectivity index (χ0n) is 15.7. The Labute approximate surface area is 153 Å². The highest BCUT2D eigenvalue weighted by Gasteiger charge is 2.37. The molecule has 0 saturated carbocycles. The van der Waals surface area contributed by atoms with E-state index in [0.717, 1.165) is 17.1 Å². The Balaban J connectivity index is 2.00. The van der Waals surface area contributed by atoms with Crippen molar-refractivity contribution in [1.29, 1.82) is 0 Å². The molecular formula is C24H22N2. The van der Waals surface area contributed by atoms with Gasteiger partial charge in [-0.3, -0.25) is 9.97 Å². The van der Waals surface area contributed by atoms with Gasteiger partial charge < -0.3 is 0 Å². The summed E-state index contributed by atoms with van der Waals surface area (Å²) < 4.78 is 0. The maximum absolute atomic E-state index is 5.15. The molecule has 5 rings (SSSR count). The Kier molecular flexibility index (Phi) is 3.06. The van der Waals surface area contributed by atoms with Crippen molar-refractivity contribution in [3.05, 3.63) is 71.7 Å². The molecule has 0 unspecified atom stereocenters. The summed E-state index contributed by atoms with van der Waals surface area (Å²) >= 11 is 0. The van der Waals surface area contributed by atoms with Gasteiger partial charge in [-0.05, 0) is 39.8 Å². The Morgan fingerprint density at radius 3 is 2.54 bits per heavy atom. The largest absolute Gasteiger partial charge is 0.256 e. The minimum Gasteiger partial charge on any atom is -0.256 e. The average molecular weight is 338 g/mol. The predicted molar refractivity (Wildman–Crippen MR) is 109 cm³/mol. The highest BCUT2D eigenvalue weighted by atomic mass is 14.8. The molecule has 1 aliphatic carbocycles. The highest BCUT2D eigenvalue weighted by Crippen LogP contribution is 2.49. The van der Waals surface area contributed by atoms with Crippen molar-refractivity contribution in [2.75, 3.05) is 0 Å². The molecule has 2 aromatic carbocycles. The molecule has 0 spiro atoms. The zero-order chi connectivity index (χ0) is 18.1. The van der Waals surface area contributed by atoms with E-state index in [9.17, 15) is 0 Å². The lowest BCUT2D eigenvalue weighted by atomic mass is 9.70. The van der Waals surface area contributed by atoms with Crippen LogP contribution in [0.25, 0.3) is 32.8 Å². The summed E-state index contributed by atoms with van der Waals surface area (Å²) in [7, 11) is 0. The maximum Gasteiger partial charge on any atom is 0.0802 e. The van der Waals surface area contributed by atoms with Gasteiger partial charge in [-0.15, -0.1) is 0 Å². The van der Waals surface area contributed by atoms with E-state index in [1.54, 1.807) is 0 Å². The van der Waals surface area contributed by atoms with Gasteiger partial charge in [-0.1, -0.05) is 64.1 Å². The van der Waals surface area contributed by atoms with E-state index in [1.807, 2.05) is 6.20 Å². The van der Waals surface area contributed by atoms with Crippen LogP contribution in [0.4, 0.5) is 0 Å². The Morgan fingerprint density at radius 2 is 1.73 bits per heavy atom. The molecule has 0 N–H and O–H groups in total. The normalized spacial score (nSPS) is 14.8. The van der Waals surface area contributed by atoms with Crippen molar-refractivity contribution >= 4 is 21.5 Å². The van der Waals surface area contributed by atoms with E-state index in [-0.39, 0.29) is 5.41 Å². The van der Waals surface area contributed by atoms with E-state index in [1.165, 1.54) is 32.7 Å². The molecule has 0 aliphatic heterocycles. The molecule has 0 saturated heterocycles. The minimum absolute atomic E-state index is 0.171. The number of hydrogen-bond acceptors (Lipinski definition) is 2. The monoisotopic (exact) mass is 338 g/mol. The molecule has 0 radical (unpaired) electrons. The number of pyridine rings is 2. The molecule has 1 aliphatic rings. The first-order chi connectivity index (χ1) is 12.5. The lowest BCUT2D eigenvalue weighted by Crippen LogP contribution is -2.26. The molecule has 2 heteroatoms. The third-order valence-electron chi connectivity index (χ3n) is 5.76. The van der Waals surface area contributed by atoms with Crippen LogP contribution in [0.1, 0.15) is 50.6 Å². The standard InChI is InChI=1S/C24H22N2/c1-14(2)19-13-16-11-12-25-22-18-10-9-15-7-5-6-8-17(15)21(18)24(3,4)23(26-19)20(16)22/h5-14H,1-4H3. The fourth-order valence-electron chi connectivity index (χ4n) is 4.44. The number of nitrogens with zero attached hydrogens (tertiary/aromatic N) is 2. The smallest absolute Gasteiger partial charge is 0.0802 e. The quantitative estimate of drug-likeness (QED) is 0.412. The number of aromatic nitrogens is 2. The van der Waals surface area contributed by atoms with Crippen LogP contribution in [-0.2, 0) is 5.41 Å². The van der Waals surface area contributed by atoms with Crippen LogP contribution in [0.15, 0.2) is 54.7 Å². The van der Waals surface area contributed by atoms with Crippen LogP contribution in [0.2, 0.25) is 0 Å². The van der Waals surface area contributed by atoms with E-state index >= 15 is 0 Å². The van der Waals surface area contributed by atoms with Gasteiger partial charge in [0.2, 0.25) is 0 Å². The van der Waals surface area contributed by atoms with Crippen molar-refractivity contribution in [3.8, 4) is 11.3 Å². The van der Waals surface area contributed by atoms with Gasteiger partial charge in [0.1, 0.15) is 0 Å². The molecule has 2 nitrogen and oxygen atoms in total. The minimum atomic E-state index is -0.171. The summed E-state index contributed by atoms with van der Waals surface area (Å²) in [6, 6.07) is 17.5. The molecule has 4 aromatic rings. The number of benzene rings is 2. The molecule has 0 amide bonds. The molecule has 0 atom stereocenters. The van der Waals surface area contributed by atoms with Crippen molar-refractivity contribution in [2.24, 2.45) is 0 Å². The summed E-state index contributed by atoms with van der Waals surface area (Å²) in [5.41, 5.74) is 5.80. The van der Waals surface area contributed by atoms with E-state index in [2.05, 4.69) is 76.2 Å². The van der Waals surface area contributed by atoms with Crippen LogP contribution in [0, 0.1) is 0 Å². The summed E-state index contributed by atoms with van der Waals surface area (Å²) in [6.07, 6.45) is 1.93. The van der Waals surface area contributed by atoms with E-state index in [4.69, 9.17) is 9.97 Å². The zero-order valence-corrected chi connectivity index (χ0v) is 15.7. The third kappa shape index (κ3) is 1.93. The fourth-order valence-corrected chi connectivity index (χ4v) is 4.44. The van der Waals surface area contributed by atoms with Crippen LogP contribution in [-0.4, -0.2) is 9.97 Å². The van der Waals surface area contributed by atoms with Crippen LogP contribution in [0.5, 0.6) is 0 Å². The lowest BCUT2D eigenvalue weighted by molar-refractivity contribution is 0.618. The average Bonchev–Trinajstić information content (AvgIpc) is 2.64. The first kappa shape index (κ1) is 15.5. The van der Waals surface area contributed by atoms with Crippen molar-refractivity contribution in [3.63, 3.8) is 0 Å². The molecule has 26 heavy (non-hydrogen) atoms. The van der Waals surface area contributed by atoms with Gasteiger partial charge in [-0.2, -0.15) is 0 Å². The van der Waals surface area contributed by atoms with Crippen molar-refractivity contribution in [1.82, 2.24) is 9.97 Å². The second-order valence-electron chi connectivity index (χ2n) is 8.14. The molecule has 2 aromatic heterocycles. The highest BCUT2D eigenvalue weighted by molar-refractivity contribution is 6.05. The van der Waals surface area contributed by atoms with E-state index in [0.29, 0.717) is 5.92 Å². The SMILES string of the molecule is CC(C)c1cc2ccnc3c2c(n1)C(C)(C)c1c-3ccc2ccccc12. The summed E-state index contributed by atoms with van der Waals surface area (Å²) in [4.78, 5) is 9.94. The molecule has 0 bridgehead atoms. The van der Waals surface area contributed by atoms with Gasteiger partial charge in [0, 0.05) is 28.3 Å². The summed E-state index contributed by atoms with van der Waals surface area (Å²) in [5.74, 6) is 0.400. The third-order valence-corrected chi connectivity index (χ3v) is 5.76. The summed E-state index contributed by atoms with van der Waals surface area (Å²) in [5, 5.41) is 5.03. The van der Waals surface area contributed by atoms with Crippen LogP contribution >= 0.6 is 0 Å². The van der Waals surface area contributed by atoms with Crippen LogP contribution in [0.3, 0.4) is 0 Å². The van der Waals surface area contributed by atoms with Gasteiger partial charge in [0.15, 0.2) is 0 Å². The first-order valence-electron chi connectivity index (χ1n) is 9.31. The Morgan fingerprint density at radius 1 is 0.923 bits per heavy atom. The maximum atomic E-state index is 5.15. The molecule has 0 fully saturated rings. The Hall–Kier alpha value is -2.74. The Bertz CT molecular complexity index is 1190. The van der Waals surface area contributed by atoms with E-state index < -0.39 is 0 Å². The lowest BCUT2D eigenvalue weighted by Gasteiger charge is -2.35. The first-order valence-corrected chi connectivity index (χ1v) is 9.31. The molecular weight excluding hydrogens is 316 g/mol. The van der Waals surface area contributed by atoms with Gasteiger partial charge in [-0.25, -0.2) is 0 Å². The van der Waals surface area contributed by atoms with Gasteiger partial charge in [0.05, 0.1) is 11.4 Å². The number of hydrogen-bond donors (Lipinski definition) is 0. The van der Waals surface area contributed by atoms with Gasteiger partial charge in [0.25, 0.3) is 0 Å². The van der Waals surface area contributed by atoms with Crippen LogP contribution < -0.4 is 0 Å². The fraction of sp³-hybridized carbons (Fsp3) is 0.250. The molecule has 2 heterocycles.